The lowest BCUT2D eigenvalue weighted by Crippen LogP contribution is -2.57. The standard InChI is InChI=1S/C11H17F3O3/c1-4-7-8(5-2)10(16,11(12,13)14)9(15)17-6-3/h4,7-8,16H,5-6H2,1-3H3/b7-4+/t8-,10-/m0/s1. The van der Waals surface area contributed by atoms with Crippen LogP contribution in [0.15, 0.2) is 12.2 Å². The molecule has 0 unspecified atom stereocenters. The maximum atomic E-state index is 12.9. The number of carbonyl (C=O) groups excluding carboxylic acids is 1. The van der Waals surface area contributed by atoms with Crippen molar-refractivity contribution in [2.24, 2.45) is 5.92 Å². The highest BCUT2D eigenvalue weighted by Crippen LogP contribution is 2.39. The van der Waals surface area contributed by atoms with E-state index in [-0.39, 0.29) is 13.0 Å². The van der Waals surface area contributed by atoms with Crippen LogP contribution in [0.3, 0.4) is 0 Å². The van der Waals surface area contributed by atoms with Gasteiger partial charge in [-0.15, -0.1) is 0 Å². The largest absolute Gasteiger partial charge is 0.464 e. The Labute approximate surface area is 98.3 Å². The summed E-state index contributed by atoms with van der Waals surface area (Å²) in [4.78, 5) is 11.4. The zero-order valence-electron chi connectivity index (χ0n) is 10.0. The van der Waals surface area contributed by atoms with Crippen molar-refractivity contribution in [3.8, 4) is 0 Å². The summed E-state index contributed by atoms with van der Waals surface area (Å²) in [6.45, 7) is 4.14. The van der Waals surface area contributed by atoms with E-state index in [9.17, 15) is 23.1 Å². The molecule has 0 aliphatic heterocycles. The first-order valence-electron chi connectivity index (χ1n) is 5.34. The Morgan fingerprint density at radius 3 is 2.24 bits per heavy atom. The molecule has 0 saturated carbocycles. The molecule has 0 rings (SSSR count). The fraction of sp³-hybridized carbons (Fsp3) is 0.727. The molecule has 0 aromatic carbocycles. The van der Waals surface area contributed by atoms with Gasteiger partial charge in [0.15, 0.2) is 0 Å². The van der Waals surface area contributed by atoms with Crippen molar-refractivity contribution in [1.29, 1.82) is 0 Å². The van der Waals surface area contributed by atoms with Crippen molar-refractivity contribution >= 4 is 5.97 Å². The maximum absolute atomic E-state index is 12.9. The van der Waals surface area contributed by atoms with Gasteiger partial charge < -0.3 is 9.84 Å². The van der Waals surface area contributed by atoms with Crippen LogP contribution < -0.4 is 0 Å². The van der Waals surface area contributed by atoms with Gasteiger partial charge in [-0.2, -0.15) is 13.2 Å². The number of halogens is 3. The van der Waals surface area contributed by atoms with Gasteiger partial charge in [-0.1, -0.05) is 19.1 Å². The number of alkyl halides is 3. The average molecular weight is 254 g/mol. The molecule has 0 aromatic rings. The fourth-order valence-corrected chi connectivity index (χ4v) is 1.52. The summed E-state index contributed by atoms with van der Waals surface area (Å²) in [7, 11) is 0. The van der Waals surface area contributed by atoms with E-state index >= 15 is 0 Å². The Kier molecular flexibility index (Phi) is 5.68. The molecular formula is C11H17F3O3. The van der Waals surface area contributed by atoms with E-state index in [4.69, 9.17) is 0 Å². The van der Waals surface area contributed by atoms with Gasteiger partial charge in [-0.3, -0.25) is 0 Å². The minimum absolute atomic E-state index is 0.0286. The number of aliphatic hydroxyl groups is 1. The first kappa shape index (κ1) is 16.0. The zero-order chi connectivity index (χ0) is 13.7. The van der Waals surface area contributed by atoms with Gasteiger partial charge >= 0.3 is 12.1 Å². The second kappa shape index (κ2) is 6.05. The van der Waals surface area contributed by atoms with Crippen LogP contribution >= 0.6 is 0 Å². The summed E-state index contributed by atoms with van der Waals surface area (Å²) < 4.78 is 42.9. The summed E-state index contributed by atoms with van der Waals surface area (Å²) in [6.07, 6.45) is -2.58. The molecular weight excluding hydrogens is 237 g/mol. The number of carbonyl (C=O) groups is 1. The fourth-order valence-electron chi connectivity index (χ4n) is 1.52. The highest BCUT2D eigenvalue weighted by molar-refractivity contribution is 5.81. The van der Waals surface area contributed by atoms with E-state index in [1.807, 2.05) is 0 Å². The van der Waals surface area contributed by atoms with Crippen molar-refractivity contribution in [2.75, 3.05) is 6.61 Å². The molecule has 3 nitrogen and oxygen atoms in total. The molecule has 0 bridgehead atoms. The summed E-state index contributed by atoms with van der Waals surface area (Å²) >= 11 is 0. The highest BCUT2D eigenvalue weighted by atomic mass is 19.4. The number of esters is 1. The lowest BCUT2D eigenvalue weighted by Gasteiger charge is -2.33. The van der Waals surface area contributed by atoms with Gasteiger partial charge in [-0.25, -0.2) is 4.79 Å². The van der Waals surface area contributed by atoms with Crippen LogP contribution in [-0.4, -0.2) is 29.5 Å². The normalized spacial score (nSPS) is 17.8. The van der Waals surface area contributed by atoms with Crippen molar-refractivity contribution in [3.05, 3.63) is 12.2 Å². The summed E-state index contributed by atoms with van der Waals surface area (Å²) in [5.41, 5.74) is -3.48. The summed E-state index contributed by atoms with van der Waals surface area (Å²) in [5, 5.41) is 9.69. The average Bonchev–Trinajstić information content (AvgIpc) is 2.23. The Bertz CT molecular complexity index is 286. The summed E-state index contributed by atoms with van der Waals surface area (Å²) in [5.74, 6) is -3.01. The molecule has 1 N–H and O–H groups in total. The van der Waals surface area contributed by atoms with Crippen LogP contribution in [0.25, 0.3) is 0 Å². The Morgan fingerprint density at radius 2 is 1.94 bits per heavy atom. The molecule has 0 aromatic heterocycles. The molecule has 0 radical (unpaired) electrons. The number of allylic oxidation sites excluding steroid dienone is 1. The topological polar surface area (TPSA) is 46.5 Å². The number of ether oxygens (including phenoxy) is 1. The summed E-state index contributed by atoms with van der Waals surface area (Å²) in [6, 6.07) is 0. The van der Waals surface area contributed by atoms with E-state index in [0.29, 0.717) is 0 Å². The Balaban J connectivity index is 5.44. The van der Waals surface area contributed by atoms with Crippen LogP contribution in [0.5, 0.6) is 0 Å². The van der Waals surface area contributed by atoms with Gasteiger partial charge in [0.1, 0.15) is 0 Å². The van der Waals surface area contributed by atoms with Gasteiger partial charge in [0.2, 0.25) is 0 Å². The quantitative estimate of drug-likeness (QED) is 0.605. The predicted molar refractivity (Wildman–Crippen MR) is 56.2 cm³/mol. The van der Waals surface area contributed by atoms with E-state index in [0.717, 1.165) is 6.08 Å². The SMILES string of the molecule is C/C=C/[C@H](CC)[C@](O)(C(=O)OCC)C(F)(F)F. The second-order valence-corrected chi connectivity index (χ2v) is 3.53. The number of rotatable bonds is 5. The molecule has 0 heterocycles. The van der Waals surface area contributed by atoms with Crippen LogP contribution in [0.4, 0.5) is 13.2 Å². The Morgan fingerprint density at radius 1 is 1.41 bits per heavy atom. The van der Waals surface area contributed by atoms with Gasteiger partial charge in [0.25, 0.3) is 5.60 Å². The molecule has 2 atom stereocenters. The van der Waals surface area contributed by atoms with Crippen molar-refractivity contribution < 1.29 is 27.8 Å². The minimum Gasteiger partial charge on any atom is -0.464 e. The van der Waals surface area contributed by atoms with Crippen molar-refractivity contribution in [3.63, 3.8) is 0 Å². The molecule has 0 saturated heterocycles. The third kappa shape index (κ3) is 3.21. The Hall–Kier alpha value is -1.04. The monoisotopic (exact) mass is 254 g/mol. The van der Waals surface area contributed by atoms with Crippen LogP contribution in [-0.2, 0) is 9.53 Å². The molecule has 17 heavy (non-hydrogen) atoms. The zero-order valence-corrected chi connectivity index (χ0v) is 10.0. The van der Waals surface area contributed by atoms with E-state index in [1.54, 1.807) is 0 Å². The van der Waals surface area contributed by atoms with Crippen LogP contribution in [0.1, 0.15) is 27.2 Å². The van der Waals surface area contributed by atoms with Crippen molar-refractivity contribution in [1.82, 2.24) is 0 Å². The third-order valence-corrected chi connectivity index (χ3v) is 2.42. The van der Waals surface area contributed by atoms with Gasteiger partial charge in [0.05, 0.1) is 6.61 Å². The van der Waals surface area contributed by atoms with Crippen LogP contribution in [0.2, 0.25) is 0 Å². The molecule has 6 heteroatoms. The van der Waals surface area contributed by atoms with Crippen LogP contribution in [0, 0.1) is 5.92 Å². The lowest BCUT2D eigenvalue weighted by molar-refractivity contribution is -0.274. The van der Waals surface area contributed by atoms with Gasteiger partial charge in [0, 0.05) is 5.92 Å². The molecule has 0 amide bonds. The van der Waals surface area contributed by atoms with Crippen molar-refractivity contribution in [2.45, 2.75) is 39.0 Å². The van der Waals surface area contributed by atoms with Gasteiger partial charge in [-0.05, 0) is 20.3 Å². The second-order valence-electron chi connectivity index (χ2n) is 3.53. The maximum Gasteiger partial charge on any atom is 0.428 e. The van der Waals surface area contributed by atoms with E-state index in [2.05, 4.69) is 4.74 Å². The number of hydrogen-bond donors (Lipinski definition) is 1. The predicted octanol–water partition coefficient (Wildman–Crippen LogP) is 2.45. The lowest BCUT2D eigenvalue weighted by atomic mass is 9.84. The number of hydrogen-bond acceptors (Lipinski definition) is 3. The molecule has 0 fully saturated rings. The first-order valence-corrected chi connectivity index (χ1v) is 5.34. The highest BCUT2D eigenvalue weighted by Gasteiger charge is 2.64. The van der Waals surface area contributed by atoms with E-state index in [1.165, 1.54) is 26.8 Å². The molecule has 0 spiro atoms. The molecule has 0 aliphatic rings. The minimum atomic E-state index is -5.07. The molecule has 100 valence electrons. The first-order chi connectivity index (χ1) is 7.75. The third-order valence-electron chi connectivity index (χ3n) is 2.42. The van der Waals surface area contributed by atoms with E-state index < -0.39 is 23.7 Å². The smallest absolute Gasteiger partial charge is 0.428 e. The molecule has 0 aliphatic carbocycles.